The molecule has 0 aliphatic rings. The first-order chi connectivity index (χ1) is 14.3. The minimum absolute atomic E-state index is 0.0129. The van der Waals surface area contributed by atoms with Gasteiger partial charge in [-0.3, -0.25) is 4.98 Å². The van der Waals surface area contributed by atoms with Gasteiger partial charge in [-0.1, -0.05) is 5.16 Å². The third kappa shape index (κ3) is 6.91. The van der Waals surface area contributed by atoms with E-state index in [0.717, 1.165) is 5.69 Å². The molecule has 7 nitrogen and oxygen atoms in total. The second-order valence-corrected chi connectivity index (χ2v) is 7.56. The number of hydrogen-bond acceptors (Lipinski definition) is 7. The van der Waals surface area contributed by atoms with Crippen LogP contribution < -0.4 is 4.90 Å². The first-order valence-corrected chi connectivity index (χ1v) is 10.6. The molecule has 0 saturated heterocycles. The minimum atomic E-state index is -4.16. The van der Waals surface area contributed by atoms with Crippen molar-refractivity contribution in [2.45, 2.75) is 39.1 Å². The Morgan fingerprint density at radius 1 is 1.43 bits per heavy atom. The summed E-state index contributed by atoms with van der Waals surface area (Å²) in [5, 5.41) is 19.3. The number of nitrogens with zero attached hydrogens (tertiary/aromatic N) is 5. The number of aromatic nitrogens is 3. The number of hydrogen-bond donors (Lipinski definition) is 1. The second kappa shape index (κ2) is 11.2. The van der Waals surface area contributed by atoms with Crippen LogP contribution in [0.1, 0.15) is 25.5 Å². The minimum Gasteiger partial charge on any atom is -0.399 e. The normalized spacial score (nSPS) is 13.4. The van der Waals surface area contributed by atoms with Gasteiger partial charge in [0.15, 0.2) is 6.23 Å². The van der Waals surface area contributed by atoms with Gasteiger partial charge in [0.2, 0.25) is 0 Å². The highest BCUT2D eigenvalue weighted by molar-refractivity contribution is 7.99. The van der Waals surface area contributed by atoms with Crippen LogP contribution in [0.2, 0.25) is 0 Å². The first kappa shape index (κ1) is 24.0. The van der Waals surface area contributed by atoms with Crippen LogP contribution in [-0.2, 0) is 4.84 Å². The van der Waals surface area contributed by atoms with E-state index in [1.54, 1.807) is 34.2 Å². The Hall–Kier alpha value is -2.27. The smallest absolute Gasteiger partial charge is 0.389 e. The highest BCUT2D eigenvalue weighted by atomic mass is 32.2. The highest BCUT2D eigenvalue weighted by Crippen LogP contribution is 2.25. The van der Waals surface area contributed by atoms with Crippen LogP contribution in [0.4, 0.5) is 18.9 Å². The van der Waals surface area contributed by atoms with E-state index in [9.17, 15) is 18.3 Å². The third-order valence-corrected chi connectivity index (χ3v) is 5.31. The number of aliphatic hydroxyl groups is 1. The van der Waals surface area contributed by atoms with Crippen molar-refractivity contribution in [1.82, 2.24) is 14.8 Å². The lowest BCUT2D eigenvalue weighted by molar-refractivity contribution is -0.134. The van der Waals surface area contributed by atoms with Gasteiger partial charge in [0, 0.05) is 24.9 Å². The molecule has 0 saturated carbocycles. The lowest BCUT2D eigenvalue weighted by Gasteiger charge is -2.28. The molecule has 0 aliphatic heterocycles. The zero-order valence-electron chi connectivity index (χ0n) is 17.1. The van der Waals surface area contributed by atoms with Gasteiger partial charge in [-0.2, -0.15) is 30.0 Å². The van der Waals surface area contributed by atoms with Crippen LogP contribution in [0.15, 0.2) is 35.9 Å². The van der Waals surface area contributed by atoms with Gasteiger partial charge in [0.1, 0.15) is 12.8 Å². The predicted molar refractivity (Wildman–Crippen MR) is 112 cm³/mol. The molecule has 0 spiro atoms. The summed E-state index contributed by atoms with van der Waals surface area (Å²) in [4.78, 5) is 10.6. The molecule has 30 heavy (non-hydrogen) atoms. The first-order valence-electron chi connectivity index (χ1n) is 9.42. The second-order valence-electron chi connectivity index (χ2n) is 6.45. The van der Waals surface area contributed by atoms with Crippen molar-refractivity contribution >= 4 is 23.2 Å². The lowest BCUT2D eigenvalue weighted by atomic mass is 10.2. The summed E-state index contributed by atoms with van der Waals surface area (Å²) in [6, 6.07) is 3.67. The Kier molecular flexibility index (Phi) is 8.97. The fourth-order valence-corrected chi connectivity index (χ4v) is 3.73. The van der Waals surface area contributed by atoms with E-state index < -0.39 is 18.8 Å². The van der Waals surface area contributed by atoms with Gasteiger partial charge < -0.3 is 14.8 Å². The standard InChI is InChI=1S/C19H26F3N5O2S/c1-4-26(17-12-27(24-14(17)2)15-7-5-9-23-11-15)18(28)16(25-29-3)13-30-10-6-8-19(20,21)22/h5,7,9,11-12,18,28H,4,6,8,10,13H2,1-3H3/b25-16-. The molecule has 0 amide bonds. The van der Waals surface area contributed by atoms with Crippen molar-refractivity contribution in [3.8, 4) is 5.69 Å². The van der Waals surface area contributed by atoms with Crippen molar-refractivity contribution in [3.63, 3.8) is 0 Å². The topological polar surface area (TPSA) is 75.8 Å². The van der Waals surface area contributed by atoms with Gasteiger partial charge in [-0.25, -0.2) is 4.68 Å². The zero-order valence-corrected chi connectivity index (χ0v) is 17.9. The molecule has 0 aromatic carbocycles. The number of alkyl halides is 3. The van der Waals surface area contributed by atoms with Crippen LogP contribution in [0.25, 0.3) is 5.69 Å². The summed E-state index contributed by atoms with van der Waals surface area (Å²) >= 11 is 1.27. The molecular formula is C19H26F3N5O2S. The third-order valence-electron chi connectivity index (χ3n) is 4.23. The van der Waals surface area contributed by atoms with E-state index >= 15 is 0 Å². The summed E-state index contributed by atoms with van der Waals surface area (Å²) in [5.74, 6) is 0.554. The molecule has 166 valence electrons. The number of rotatable bonds is 11. The molecule has 1 atom stereocenters. The van der Waals surface area contributed by atoms with Crippen molar-refractivity contribution in [1.29, 1.82) is 0 Å². The fraction of sp³-hybridized carbons (Fsp3) is 0.526. The van der Waals surface area contributed by atoms with Crippen LogP contribution >= 0.6 is 11.8 Å². The van der Waals surface area contributed by atoms with Gasteiger partial charge in [-0.05, 0) is 38.2 Å². The van der Waals surface area contributed by atoms with Gasteiger partial charge in [-0.15, -0.1) is 0 Å². The lowest BCUT2D eigenvalue weighted by Crippen LogP contribution is -2.42. The number of halogens is 3. The van der Waals surface area contributed by atoms with Crippen molar-refractivity contribution in [2.75, 3.05) is 30.1 Å². The maximum absolute atomic E-state index is 12.3. The Morgan fingerprint density at radius 2 is 2.20 bits per heavy atom. The summed E-state index contributed by atoms with van der Waals surface area (Å²) < 4.78 is 38.5. The predicted octanol–water partition coefficient (Wildman–Crippen LogP) is 3.80. The van der Waals surface area contributed by atoms with E-state index in [2.05, 4.69) is 15.2 Å². The van der Waals surface area contributed by atoms with Crippen LogP contribution in [0, 0.1) is 6.92 Å². The number of aliphatic hydroxyl groups excluding tert-OH is 1. The summed E-state index contributed by atoms with van der Waals surface area (Å²) in [6.45, 7) is 4.17. The molecule has 2 aromatic heterocycles. The average Bonchev–Trinajstić information content (AvgIpc) is 3.09. The zero-order chi connectivity index (χ0) is 22.1. The largest absolute Gasteiger partial charge is 0.399 e. The van der Waals surface area contributed by atoms with E-state index in [4.69, 9.17) is 4.84 Å². The number of thioether (sulfide) groups is 1. The molecule has 0 aliphatic carbocycles. The van der Waals surface area contributed by atoms with Gasteiger partial charge in [0.25, 0.3) is 0 Å². The Morgan fingerprint density at radius 3 is 2.80 bits per heavy atom. The molecule has 1 N–H and O–H groups in total. The van der Waals surface area contributed by atoms with Crippen molar-refractivity contribution in [3.05, 3.63) is 36.4 Å². The van der Waals surface area contributed by atoms with Crippen LogP contribution in [0.3, 0.4) is 0 Å². The Labute approximate surface area is 177 Å². The molecular weight excluding hydrogens is 419 g/mol. The van der Waals surface area contributed by atoms with E-state index in [-0.39, 0.29) is 12.2 Å². The van der Waals surface area contributed by atoms with Crippen molar-refractivity contribution in [2.24, 2.45) is 5.16 Å². The maximum atomic E-state index is 12.3. The summed E-state index contributed by atoms with van der Waals surface area (Å²) in [5.41, 5.74) is 2.52. The molecule has 2 aromatic rings. The molecule has 2 heterocycles. The molecule has 0 fully saturated rings. The van der Waals surface area contributed by atoms with Crippen LogP contribution in [-0.4, -0.2) is 63.1 Å². The van der Waals surface area contributed by atoms with Crippen LogP contribution in [0.5, 0.6) is 0 Å². The monoisotopic (exact) mass is 445 g/mol. The van der Waals surface area contributed by atoms with E-state index in [0.29, 0.717) is 29.4 Å². The Bertz CT molecular complexity index is 814. The molecule has 11 heteroatoms. The number of oxime groups is 1. The maximum Gasteiger partial charge on any atom is 0.389 e. The molecule has 0 radical (unpaired) electrons. The van der Waals surface area contributed by atoms with E-state index in [1.807, 2.05) is 19.9 Å². The van der Waals surface area contributed by atoms with Gasteiger partial charge >= 0.3 is 6.18 Å². The molecule has 2 rings (SSSR count). The number of aryl methyl sites for hydroxylation is 1. The Balaban J connectivity index is 2.10. The highest BCUT2D eigenvalue weighted by Gasteiger charge is 2.27. The molecule has 1 unspecified atom stereocenters. The summed E-state index contributed by atoms with van der Waals surface area (Å²) in [7, 11) is 1.36. The molecule has 0 bridgehead atoms. The van der Waals surface area contributed by atoms with E-state index in [1.165, 1.54) is 18.9 Å². The quantitative estimate of drug-likeness (QED) is 0.245. The number of anilines is 1. The fourth-order valence-electron chi connectivity index (χ4n) is 2.83. The van der Waals surface area contributed by atoms with Gasteiger partial charge in [0.05, 0.1) is 29.5 Å². The SMILES string of the molecule is CCN(c1cn(-c2cccnc2)nc1C)C(O)/C(CSCCCC(F)(F)F)=N\OC. The summed E-state index contributed by atoms with van der Waals surface area (Å²) in [6.07, 6.45) is -0.933. The average molecular weight is 446 g/mol. The number of pyridine rings is 1. The van der Waals surface area contributed by atoms with Crippen molar-refractivity contribution < 1.29 is 23.1 Å².